The Labute approximate surface area is 170 Å². The first-order chi connectivity index (χ1) is 14.1. The average Bonchev–Trinajstić information content (AvgIpc) is 3.20. The lowest BCUT2D eigenvalue weighted by Gasteiger charge is -2.43. The summed E-state index contributed by atoms with van der Waals surface area (Å²) in [5.41, 5.74) is 2.50. The quantitative estimate of drug-likeness (QED) is 0.682. The van der Waals surface area contributed by atoms with Gasteiger partial charge in [0.2, 0.25) is 0 Å². The minimum Gasteiger partial charge on any atom is -0.497 e. The largest absolute Gasteiger partial charge is 0.497 e. The summed E-state index contributed by atoms with van der Waals surface area (Å²) in [5, 5.41) is 15.1. The normalized spacial score (nSPS) is 21.2. The maximum absolute atomic E-state index is 10.3. The van der Waals surface area contributed by atoms with Gasteiger partial charge < -0.3 is 19.3 Å². The lowest BCUT2D eigenvalue weighted by Crippen LogP contribution is -2.51. The van der Waals surface area contributed by atoms with Crippen molar-refractivity contribution in [1.29, 1.82) is 0 Å². The molecule has 0 spiro atoms. The number of ether oxygens (including phenoxy) is 3. The fourth-order valence-corrected chi connectivity index (χ4v) is 5.39. The highest BCUT2D eigenvalue weighted by Gasteiger charge is 2.44. The SMILES string of the molecule is COc1ccc2c(c1)c1c(c3cc(OC)c(OC)cc32)C[C@]2(CO)CCCN2C1. The first kappa shape index (κ1) is 18.5. The molecule has 2 aliphatic rings. The van der Waals surface area contributed by atoms with Crippen molar-refractivity contribution in [2.75, 3.05) is 34.5 Å². The molecule has 0 aliphatic carbocycles. The Hall–Kier alpha value is -2.50. The lowest BCUT2D eigenvalue weighted by atomic mass is 9.79. The van der Waals surface area contributed by atoms with E-state index in [-0.39, 0.29) is 12.1 Å². The van der Waals surface area contributed by atoms with Crippen LogP contribution in [0.4, 0.5) is 0 Å². The first-order valence-electron chi connectivity index (χ1n) is 10.2. The molecule has 1 atom stereocenters. The van der Waals surface area contributed by atoms with Crippen molar-refractivity contribution >= 4 is 21.5 Å². The van der Waals surface area contributed by atoms with Crippen LogP contribution in [0.2, 0.25) is 0 Å². The molecule has 29 heavy (non-hydrogen) atoms. The van der Waals surface area contributed by atoms with Crippen LogP contribution in [-0.2, 0) is 13.0 Å². The van der Waals surface area contributed by atoms with Crippen LogP contribution >= 0.6 is 0 Å². The van der Waals surface area contributed by atoms with Crippen molar-refractivity contribution in [3.8, 4) is 17.2 Å². The van der Waals surface area contributed by atoms with E-state index in [9.17, 15) is 5.11 Å². The van der Waals surface area contributed by atoms with Gasteiger partial charge in [-0.2, -0.15) is 0 Å². The second-order valence-electron chi connectivity index (χ2n) is 8.21. The Balaban J connectivity index is 1.88. The summed E-state index contributed by atoms with van der Waals surface area (Å²) in [6.45, 7) is 2.08. The third-order valence-electron chi connectivity index (χ3n) is 6.95. The highest BCUT2D eigenvalue weighted by molar-refractivity contribution is 6.12. The van der Waals surface area contributed by atoms with Crippen molar-refractivity contribution in [2.45, 2.75) is 31.3 Å². The molecule has 2 aliphatic heterocycles. The molecule has 3 aromatic carbocycles. The monoisotopic (exact) mass is 393 g/mol. The molecule has 0 amide bonds. The second kappa shape index (κ2) is 6.78. The molecule has 2 heterocycles. The fraction of sp³-hybridized carbons (Fsp3) is 0.417. The lowest BCUT2D eigenvalue weighted by molar-refractivity contribution is 0.0498. The van der Waals surface area contributed by atoms with Crippen LogP contribution in [0, 0.1) is 0 Å². The van der Waals surface area contributed by atoms with E-state index in [0.29, 0.717) is 0 Å². The van der Waals surface area contributed by atoms with Crippen molar-refractivity contribution in [3.05, 3.63) is 41.5 Å². The van der Waals surface area contributed by atoms with Crippen LogP contribution in [0.25, 0.3) is 21.5 Å². The van der Waals surface area contributed by atoms with Gasteiger partial charge in [0, 0.05) is 12.1 Å². The summed E-state index contributed by atoms with van der Waals surface area (Å²) in [6.07, 6.45) is 3.01. The molecule has 0 aromatic heterocycles. The third-order valence-corrected chi connectivity index (χ3v) is 6.95. The molecular weight excluding hydrogens is 366 g/mol. The molecular formula is C24H27NO4. The van der Waals surface area contributed by atoms with Crippen molar-refractivity contribution in [3.63, 3.8) is 0 Å². The van der Waals surface area contributed by atoms with Gasteiger partial charge in [-0.3, -0.25) is 4.90 Å². The summed E-state index contributed by atoms with van der Waals surface area (Å²) in [4.78, 5) is 2.47. The fourth-order valence-electron chi connectivity index (χ4n) is 5.39. The predicted molar refractivity (Wildman–Crippen MR) is 114 cm³/mol. The zero-order chi connectivity index (χ0) is 20.2. The Morgan fingerprint density at radius 3 is 2.31 bits per heavy atom. The summed E-state index contributed by atoms with van der Waals surface area (Å²) >= 11 is 0. The van der Waals surface area contributed by atoms with E-state index in [0.717, 1.165) is 55.0 Å². The van der Waals surface area contributed by atoms with Crippen LogP contribution in [-0.4, -0.2) is 50.0 Å². The van der Waals surface area contributed by atoms with E-state index in [1.54, 1.807) is 21.3 Å². The van der Waals surface area contributed by atoms with Crippen molar-refractivity contribution in [1.82, 2.24) is 4.90 Å². The number of aliphatic hydroxyl groups excluding tert-OH is 1. The summed E-state index contributed by atoms with van der Waals surface area (Å²) < 4.78 is 16.7. The number of fused-ring (bicyclic) bond motifs is 7. The highest BCUT2D eigenvalue weighted by Crippen LogP contribution is 2.47. The molecule has 0 unspecified atom stereocenters. The number of hydrogen-bond donors (Lipinski definition) is 1. The molecule has 1 saturated heterocycles. The first-order valence-corrected chi connectivity index (χ1v) is 10.2. The average molecular weight is 393 g/mol. The maximum atomic E-state index is 10.3. The minimum absolute atomic E-state index is 0.153. The van der Waals surface area contributed by atoms with Gasteiger partial charge in [-0.15, -0.1) is 0 Å². The molecule has 0 bridgehead atoms. The van der Waals surface area contributed by atoms with Gasteiger partial charge in [-0.1, -0.05) is 6.07 Å². The van der Waals surface area contributed by atoms with Gasteiger partial charge in [0.25, 0.3) is 0 Å². The van der Waals surface area contributed by atoms with E-state index in [2.05, 4.69) is 29.2 Å². The van der Waals surface area contributed by atoms with Crippen molar-refractivity contribution < 1.29 is 19.3 Å². The van der Waals surface area contributed by atoms with Crippen LogP contribution in [0.3, 0.4) is 0 Å². The third kappa shape index (κ3) is 2.61. The van der Waals surface area contributed by atoms with E-state index in [1.165, 1.54) is 27.3 Å². The number of methoxy groups -OCH3 is 3. The Kier molecular flexibility index (Phi) is 4.33. The smallest absolute Gasteiger partial charge is 0.161 e. The topological polar surface area (TPSA) is 51.2 Å². The molecule has 0 saturated carbocycles. The van der Waals surface area contributed by atoms with E-state index in [4.69, 9.17) is 14.2 Å². The zero-order valence-electron chi connectivity index (χ0n) is 17.2. The molecule has 5 nitrogen and oxygen atoms in total. The van der Waals surface area contributed by atoms with Gasteiger partial charge in [0.05, 0.1) is 27.9 Å². The number of rotatable bonds is 4. The number of hydrogen-bond acceptors (Lipinski definition) is 5. The van der Waals surface area contributed by atoms with Gasteiger partial charge in [0.15, 0.2) is 11.5 Å². The molecule has 0 radical (unpaired) electrons. The Morgan fingerprint density at radius 1 is 0.897 bits per heavy atom. The van der Waals surface area contributed by atoms with Crippen LogP contribution in [0.1, 0.15) is 24.0 Å². The molecule has 5 rings (SSSR count). The van der Waals surface area contributed by atoms with E-state index in [1.807, 2.05) is 6.07 Å². The molecule has 5 heteroatoms. The van der Waals surface area contributed by atoms with Gasteiger partial charge in [0.1, 0.15) is 5.75 Å². The highest BCUT2D eigenvalue weighted by atomic mass is 16.5. The van der Waals surface area contributed by atoms with Gasteiger partial charge in [-0.05, 0) is 82.7 Å². The molecule has 152 valence electrons. The standard InChI is InChI=1S/C24H27NO4/c1-27-15-5-6-16-17(9-15)21-13-25-8-4-7-24(25,14-26)12-20(21)19-11-23(29-3)22(28-2)10-18(16)19/h5-6,9-11,26H,4,7-8,12-14H2,1-3H3/t24-/m0/s1. The maximum Gasteiger partial charge on any atom is 0.161 e. The van der Waals surface area contributed by atoms with E-state index < -0.39 is 0 Å². The minimum atomic E-state index is -0.153. The zero-order valence-corrected chi connectivity index (χ0v) is 17.2. The molecule has 1 N–H and O–H groups in total. The van der Waals surface area contributed by atoms with E-state index >= 15 is 0 Å². The summed E-state index contributed by atoms with van der Waals surface area (Å²) in [6, 6.07) is 10.5. The predicted octanol–water partition coefficient (Wildman–Crippen LogP) is 3.90. The van der Waals surface area contributed by atoms with Crippen LogP contribution in [0.5, 0.6) is 17.2 Å². The van der Waals surface area contributed by atoms with Crippen molar-refractivity contribution in [2.24, 2.45) is 0 Å². The van der Waals surface area contributed by atoms with Gasteiger partial charge >= 0.3 is 0 Å². The number of aliphatic hydroxyl groups is 1. The van der Waals surface area contributed by atoms with Gasteiger partial charge in [-0.25, -0.2) is 0 Å². The second-order valence-corrected chi connectivity index (χ2v) is 8.21. The molecule has 3 aromatic rings. The number of nitrogens with zero attached hydrogens (tertiary/aromatic N) is 1. The number of benzene rings is 3. The van der Waals surface area contributed by atoms with Crippen LogP contribution < -0.4 is 14.2 Å². The Bertz CT molecular complexity index is 1110. The van der Waals surface area contributed by atoms with Crippen LogP contribution in [0.15, 0.2) is 30.3 Å². The Morgan fingerprint density at radius 2 is 1.62 bits per heavy atom. The molecule has 1 fully saturated rings. The summed E-state index contributed by atoms with van der Waals surface area (Å²) in [7, 11) is 5.06. The summed E-state index contributed by atoms with van der Waals surface area (Å²) in [5.74, 6) is 2.33.